The zero-order valence-electron chi connectivity index (χ0n) is 26.1. The molecule has 2 amide bonds. The van der Waals surface area contributed by atoms with Crippen LogP contribution in [0.3, 0.4) is 0 Å². The molecular weight excluding hydrogens is 606 g/mol. The summed E-state index contributed by atoms with van der Waals surface area (Å²) in [5.41, 5.74) is 3.56. The van der Waals surface area contributed by atoms with E-state index in [1.54, 1.807) is 42.5 Å². The number of halogens is 1. The van der Waals surface area contributed by atoms with Crippen LogP contribution in [0.25, 0.3) is 0 Å². The Morgan fingerprint density at radius 1 is 0.867 bits per heavy atom. The van der Waals surface area contributed by atoms with Crippen LogP contribution in [0.1, 0.15) is 42.5 Å². The van der Waals surface area contributed by atoms with Gasteiger partial charge in [0.1, 0.15) is 12.6 Å². The second-order valence-corrected chi connectivity index (χ2v) is 13.5. The van der Waals surface area contributed by atoms with Gasteiger partial charge in [0.15, 0.2) is 0 Å². The maximum absolute atomic E-state index is 14.6. The summed E-state index contributed by atoms with van der Waals surface area (Å²) in [6.45, 7) is 7.11. The minimum Gasteiger partial charge on any atom is -0.352 e. The molecule has 4 aromatic rings. The molecular formula is C36H40ClN3O4S. The lowest BCUT2D eigenvalue weighted by Crippen LogP contribution is -2.54. The number of nitrogens with zero attached hydrogens (tertiary/aromatic N) is 2. The average Bonchev–Trinajstić information content (AvgIpc) is 3.03. The largest absolute Gasteiger partial charge is 0.352 e. The Morgan fingerprint density at radius 2 is 1.49 bits per heavy atom. The van der Waals surface area contributed by atoms with Crippen LogP contribution in [0.2, 0.25) is 5.02 Å². The molecule has 0 aromatic heterocycles. The number of sulfonamides is 1. The van der Waals surface area contributed by atoms with Crippen LogP contribution in [-0.4, -0.2) is 43.8 Å². The number of carbonyl (C=O) groups excluding carboxylic acids is 2. The van der Waals surface area contributed by atoms with Gasteiger partial charge >= 0.3 is 0 Å². The third kappa shape index (κ3) is 8.53. The normalized spacial score (nSPS) is 12.6. The van der Waals surface area contributed by atoms with E-state index in [9.17, 15) is 18.0 Å². The molecule has 7 nitrogen and oxygen atoms in total. The Labute approximate surface area is 271 Å². The maximum Gasteiger partial charge on any atom is 0.264 e. The molecule has 0 saturated heterocycles. The van der Waals surface area contributed by atoms with Crippen LogP contribution in [0.15, 0.2) is 108 Å². The van der Waals surface area contributed by atoms with Crippen molar-refractivity contribution in [3.63, 3.8) is 0 Å². The Bertz CT molecular complexity index is 1720. The van der Waals surface area contributed by atoms with Crippen molar-refractivity contribution in [1.29, 1.82) is 0 Å². The lowest BCUT2D eigenvalue weighted by atomic mass is 10.0. The monoisotopic (exact) mass is 645 g/mol. The lowest BCUT2D eigenvalue weighted by Gasteiger charge is -2.34. The summed E-state index contributed by atoms with van der Waals surface area (Å²) < 4.78 is 29.5. The van der Waals surface area contributed by atoms with Gasteiger partial charge in [-0.25, -0.2) is 8.42 Å². The molecule has 236 valence electrons. The smallest absolute Gasteiger partial charge is 0.264 e. The molecule has 0 heterocycles. The highest BCUT2D eigenvalue weighted by molar-refractivity contribution is 7.92. The van der Waals surface area contributed by atoms with E-state index < -0.39 is 28.5 Å². The van der Waals surface area contributed by atoms with Crippen LogP contribution in [0, 0.1) is 13.8 Å². The van der Waals surface area contributed by atoms with Crippen molar-refractivity contribution in [1.82, 2.24) is 10.2 Å². The molecule has 0 aliphatic carbocycles. The van der Waals surface area contributed by atoms with E-state index in [4.69, 9.17) is 11.6 Å². The number of hydrogen-bond acceptors (Lipinski definition) is 4. The summed E-state index contributed by atoms with van der Waals surface area (Å²) in [6, 6.07) is 29.0. The molecule has 0 saturated carbocycles. The fourth-order valence-corrected chi connectivity index (χ4v) is 6.82. The SMILES string of the molecule is CC[C@@H](C)NC(=O)[C@H](Cc1ccccc1)N(Cc1ccccc1Cl)C(=O)CN(c1ccc(C)cc1C)S(=O)(=O)c1ccccc1. The quantitative estimate of drug-likeness (QED) is 0.175. The fourth-order valence-electron chi connectivity index (χ4n) is 5.12. The fraction of sp³-hybridized carbons (Fsp3) is 0.278. The zero-order valence-corrected chi connectivity index (χ0v) is 27.7. The van der Waals surface area contributed by atoms with Gasteiger partial charge in [-0.1, -0.05) is 103 Å². The highest BCUT2D eigenvalue weighted by atomic mass is 35.5. The van der Waals surface area contributed by atoms with Crippen LogP contribution in [0.4, 0.5) is 5.69 Å². The van der Waals surface area contributed by atoms with Crippen molar-refractivity contribution in [2.45, 2.75) is 64.1 Å². The van der Waals surface area contributed by atoms with Gasteiger partial charge in [-0.3, -0.25) is 13.9 Å². The van der Waals surface area contributed by atoms with E-state index in [1.807, 2.05) is 76.2 Å². The molecule has 9 heteroatoms. The maximum atomic E-state index is 14.6. The first-order chi connectivity index (χ1) is 21.5. The first kappa shape index (κ1) is 33.7. The topological polar surface area (TPSA) is 86.8 Å². The second-order valence-electron chi connectivity index (χ2n) is 11.3. The van der Waals surface area contributed by atoms with Gasteiger partial charge < -0.3 is 10.2 Å². The van der Waals surface area contributed by atoms with Crippen LogP contribution in [0.5, 0.6) is 0 Å². The summed E-state index contributed by atoms with van der Waals surface area (Å²) >= 11 is 6.57. The number of anilines is 1. The highest BCUT2D eigenvalue weighted by Gasteiger charge is 2.35. The molecule has 0 aliphatic heterocycles. The highest BCUT2D eigenvalue weighted by Crippen LogP contribution is 2.29. The third-order valence-electron chi connectivity index (χ3n) is 7.80. The number of nitrogens with one attached hydrogen (secondary N) is 1. The van der Waals surface area contributed by atoms with Crippen LogP contribution in [-0.2, 0) is 32.6 Å². The second kappa shape index (κ2) is 15.2. The molecule has 0 radical (unpaired) electrons. The van der Waals surface area contributed by atoms with Crippen LogP contribution < -0.4 is 9.62 Å². The molecule has 1 N–H and O–H groups in total. The predicted molar refractivity (Wildman–Crippen MR) is 181 cm³/mol. The number of carbonyl (C=O) groups is 2. The number of benzene rings is 4. The van der Waals surface area contributed by atoms with Gasteiger partial charge in [0.25, 0.3) is 10.0 Å². The van der Waals surface area contributed by atoms with Crippen molar-refractivity contribution in [3.05, 3.63) is 130 Å². The minimum absolute atomic E-state index is 0.00996. The van der Waals surface area contributed by atoms with Crippen molar-refractivity contribution >= 4 is 39.1 Å². The van der Waals surface area contributed by atoms with E-state index in [-0.39, 0.29) is 29.8 Å². The minimum atomic E-state index is -4.17. The Kier molecular flexibility index (Phi) is 11.4. The molecule has 4 aromatic carbocycles. The number of aryl methyl sites for hydroxylation is 2. The van der Waals surface area contributed by atoms with Crippen molar-refractivity contribution in [3.8, 4) is 0 Å². The molecule has 2 atom stereocenters. The summed E-state index contributed by atoms with van der Waals surface area (Å²) in [5.74, 6) is -0.854. The van der Waals surface area contributed by atoms with Gasteiger partial charge in [-0.05, 0) is 68.1 Å². The molecule has 0 bridgehead atoms. The first-order valence-electron chi connectivity index (χ1n) is 15.0. The van der Waals surface area contributed by atoms with Gasteiger partial charge in [-0.2, -0.15) is 0 Å². The zero-order chi connectivity index (χ0) is 32.6. The summed E-state index contributed by atoms with van der Waals surface area (Å²) in [6.07, 6.45) is 0.937. The van der Waals surface area contributed by atoms with E-state index in [0.29, 0.717) is 28.3 Å². The summed E-state index contributed by atoms with van der Waals surface area (Å²) in [7, 11) is -4.17. The Balaban J connectivity index is 1.83. The van der Waals surface area contributed by atoms with E-state index in [0.717, 1.165) is 15.4 Å². The standard InChI is InChI=1S/C36H40ClN3O4S/c1-5-28(4)38-36(42)34(23-29-14-8-6-9-15-29)39(24-30-16-12-13-19-32(30)37)35(41)25-40(33-21-20-26(2)22-27(33)3)45(43,44)31-17-10-7-11-18-31/h6-22,28,34H,5,23-25H2,1-4H3,(H,38,42)/t28-,34+/m1/s1. The average molecular weight is 646 g/mol. The van der Waals surface area contributed by atoms with E-state index in [2.05, 4.69) is 5.32 Å². The van der Waals surface area contributed by atoms with E-state index >= 15 is 0 Å². The Hall–Kier alpha value is -4.14. The molecule has 0 aliphatic rings. The Morgan fingerprint density at radius 3 is 2.11 bits per heavy atom. The molecule has 0 unspecified atom stereocenters. The summed E-state index contributed by atoms with van der Waals surface area (Å²) in [5, 5.41) is 3.49. The molecule has 4 rings (SSSR count). The van der Waals surface area contributed by atoms with Gasteiger partial charge in [0.05, 0.1) is 10.6 Å². The molecule has 0 spiro atoms. The number of hydrogen-bond donors (Lipinski definition) is 1. The van der Waals surface area contributed by atoms with Gasteiger partial charge in [0, 0.05) is 24.0 Å². The van der Waals surface area contributed by atoms with Gasteiger partial charge in [-0.15, -0.1) is 0 Å². The van der Waals surface area contributed by atoms with Crippen LogP contribution >= 0.6 is 11.6 Å². The number of amides is 2. The first-order valence-corrected chi connectivity index (χ1v) is 16.8. The lowest BCUT2D eigenvalue weighted by molar-refractivity contribution is -0.140. The third-order valence-corrected chi connectivity index (χ3v) is 9.94. The molecule has 45 heavy (non-hydrogen) atoms. The van der Waals surface area contributed by atoms with Crippen molar-refractivity contribution < 1.29 is 18.0 Å². The number of rotatable bonds is 13. The van der Waals surface area contributed by atoms with Crippen molar-refractivity contribution in [2.75, 3.05) is 10.8 Å². The summed E-state index contributed by atoms with van der Waals surface area (Å²) in [4.78, 5) is 30.0. The van der Waals surface area contributed by atoms with Crippen molar-refractivity contribution in [2.24, 2.45) is 0 Å². The molecule has 0 fully saturated rings. The predicted octanol–water partition coefficient (Wildman–Crippen LogP) is 6.71. The van der Waals surface area contributed by atoms with E-state index in [1.165, 1.54) is 17.0 Å². The van der Waals surface area contributed by atoms with Gasteiger partial charge in [0.2, 0.25) is 11.8 Å².